The fraction of sp³-hybridized carbons (Fsp3) is 0.444. The van der Waals surface area contributed by atoms with Gasteiger partial charge in [0.2, 0.25) is 0 Å². The molecule has 0 aliphatic heterocycles. The molecule has 4 nitrogen and oxygen atoms in total. The molecular formula is C18H23F3N4S. The summed E-state index contributed by atoms with van der Waals surface area (Å²) in [6.07, 6.45) is -3.46. The molecule has 0 spiro atoms. The van der Waals surface area contributed by atoms with Crippen LogP contribution < -0.4 is 10.6 Å². The van der Waals surface area contributed by atoms with E-state index in [0.717, 1.165) is 34.8 Å². The number of nitrogens with one attached hydrogen (secondary N) is 2. The van der Waals surface area contributed by atoms with Gasteiger partial charge < -0.3 is 10.6 Å². The zero-order chi connectivity index (χ0) is 19.2. The third-order valence-corrected chi connectivity index (χ3v) is 4.82. The predicted molar refractivity (Wildman–Crippen MR) is 99.6 cm³/mol. The SMILES string of the molecule is CCNC(=NCc1ccc(C(F)(F)F)cc1)NCCc1sc(C)nc1C. The van der Waals surface area contributed by atoms with E-state index in [1.54, 1.807) is 11.3 Å². The van der Waals surface area contributed by atoms with Crippen molar-refractivity contribution in [2.24, 2.45) is 4.99 Å². The Morgan fingerprint density at radius 1 is 1.15 bits per heavy atom. The van der Waals surface area contributed by atoms with Crippen molar-refractivity contribution < 1.29 is 13.2 Å². The maximum atomic E-state index is 12.6. The molecule has 8 heteroatoms. The van der Waals surface area contributed by atoms with Crippen LogP contribution in [0.1, 0.15) is 33.6 Å². The average molecular weight is 384 g/mol. The third-order valence-electron chi connectivity index (χ3n) is 3.69. The Bertz CT molecular complexity index is 736. The first kappa shape index (κ1) is 20.2. The molecule has 0 bridgehead atoms. The first-order chi connectivity index (χ1) is 12.3. The molecule has 0 amide bonds. The van der Waals surface area contributed by atoms with Gasteiger partial charge in [-0.05, 0) is 38.5 Å². The number of alkyl halides is 3. The fourth-order valence-corrected chi connectivity index (χ4v) is 3.35. The summed E-state index contributed by atoms with van der Waals surface area (Å²) in [5, 5.41) is 7.45. The van der Waals surface area contributed by atoms with Gasteiger partial charge in [-0.1, -0.05) is 12.1 Å². The highest BCUT2D eigenvalue weighted by Gasteiger charge is 2.29. The topological polar surface area (TPSA) is 49.3 Å². The maximum Gasteiger partial charge on any atom is 0.416 e. The Balaban J connectivity index is 1.92. The lowest BCUT2D eigenvalue weighted by Crippen LogP contribution is -2.38. The first-order valence-corrected chi connectivity index (χ1v) is 9.22. The van der Waals surface area contributed by atoms with Gasteiger partial charge in [-0.2, -0.15) is 13.2 Å². The van der Waals surface area contributed by atoms with E-state index in [1.165, 1.54) is 17.0 Å². The van der Waals surface area contributed by atoms with E-state index in [9.17, 15) is 13.2 Å². The molecular weight excluding hydrogens is 361 g/mol. The Kier molecular flexibility index (Phi) is 7.02. The largest absolute Gasteiger partial charge is 0.416 e. The summed E-state index contributed by atoms with van der Waals surface area (Å²) in [7, 11) is 0. The fourth-order valence-electron chi connectivity index (χ4n) is 2.41. The van der Waals surface area contributed by atoms with Gasteiger partial charge in [-0.15, -0.1) is 11.3 Å². The second-order valence-corrected chi connectivity index (χ2v) is 7.10. The van der Waals surface area contributed by atoms with Crippen molar-refractivity contribution in [2.75, 3.05) is 13.1 Å². The van der Waals surface area contributed by atoms with Gasteiger partial charge in [-0.25, -0.2) is 9.98 Å². The van der Waals surface area contributed by atoms with Crippen molar-refractivity contribution >= 4 is 17.3 Å². The van der Waals surface area contributed by atoms with Crippen molar-refractivity contribution in [1.82, 2.24) is 15.6 Å². The number of hydrogen-bond acceptors (Lipinski definition) is 3. The molecule has 0 saturated carbocycles. The maximum absolute atomic E-state index is 12.6. The van der Waals surface area contributed by atoms with Crippen LogP contribution in [0, 0.1) is 13.8 Å². The number of benzene rings is 1. The first-order valence-electron chi connectivity index (χ1n) is 8.40. The van der Waals surface area contributed by atoms with Crippen LogP contribution in [0.4, 0.5) is 13.2 Å². The molecule has 1 aromatic carbocycles. The van der Waals surface area contributed by atoms with E-state index >= 15 is 0 Å². The highest BCUT2D eigenvalue weighted by molar-refractivity contribution is 7.11. The summed E-state index contributed by atoms with van der Waals surface area (Å²) >= 11 is 1.69. The normalized spacial score (nSPS) is 12.3. The molecule has 0 fully saturated rings. The molecule has 26 heavy (non-hydrogen) atoms. The molecule has 1 heterocycles. The number of guanidine groups is 1. The van der Waals surface area contributed by atoms with Gasteiger partial charge >= 0.3 is 6.18 Å². The number of aromatic nitrogens is 1. The van der Waals surface area contributed by atoms with Crippen LogP contribution in [-0.4, -0.2) is 24.0 Å². The summed E-state index contributed by atoms with van der Waals surface area (Å²) < 4.78 is 37.8. The molecule has 2 rings (SSSR count). The molecule has 2 N–H and O–H groups in total. The number of hydrogen-bond donors (Lipinski definition) is 2. The number of thiazole rings is 1. The smallest absolute Gasteiger partial charge is 0.357 e. The zero-order valence-corrected chi connectivity index (χ0v) is 15.9. The number of halogens is 3. The molecule has 0 saturated heterocycles. The summed E-state index contributed by atoms with van der Waals surface area (Å²) in [6, 6.07) is 5.08. The van der Waals surface area contributed by atoms with Crippen LogP contribution in [0.3, 0.4) is 0 Å². The Morgan fingerprint density at radius 3 is 2.38 bits per heavy atom. The van der Waals surface area contributed by atoms with Crippen molar-refractivity contribution in [1.29, 1.82) is 0 Å². The Morgan fingerprint density at radius 2 is 1.85 bits per heavy atom. The van der Waals surface area contributed by atoms with E-state index in [-0.39, 0.29) is 0 Å². The van der Waals surface area contributed by atoms with Crippen LogP contribution in [0.2, 0.25) is 0 Å². The van der Waals surface area contributed by atoms with Gasteiger partial charge in [0, 0.05) is 24.4 Å². The van der Waals surface area contributed by atoms with Crippen molar-refractivity contribution in [3.05, 3.63) is 51.0 Å². The van der Waals surface area contributed by atoms with Crippen LogP contribution in [-0.2, 0) is 19.1 Å². The minimum absolute atomic E-state index is 0.312. The Labute approximate surface area is 155 Å². The molecule has 0 aliphatic carbocycles. The van der Waals surface area contributed by atoms with Gasteiger partial charge in [0.15, 0.2) is 5.96 Å². The summed E-state index contributed by atoms with van der Waals surface area (Å²) in [5.74, 6) is 0.645. The number of nitrogens with zero attached hydrogens (tertiary/aromatic N) is 2. The Hall–Kier alpha value is -2.09. The summed E-state index contributed by atoms with van der Waals surface area (Å²) in [4.78, 5) is 10.1. The lowest BCUT2D eigenvalue weighted by Gasteiger charge is -2.11. The van der Waals surface area contributed by atoms with Crippen LogP contribution in [0.15, 0.2) is 29.3 Å². The molecule has 1 aromatic heterocycles. The molecule has 0 unspecified atom stereocenters. The third kappa shape index (κ3) is 6.01. The summed E-state index contributed by atoms with van der Waals surface area (Å²) in [6.45, 7) is 7.68. The number of aliphatic imine (C=N–C) groups is 1. The number of rotatable bonds is 6. The second-order valence-electron chi connectivity index (χ2n) is 5.81. The molecule has 2 aromatic rings. The average Bonchev–Trinajstić information content (AvgIpc) is 2.90. The van der Waals surface area contributed by atoms with E-state index in [1.807, 2.05) is 20.8 Å². The molecule has 0 radical (unpaired) electrons. The highest BCUT2D eigenvalue weighted by atomic mass is 32.1. The van der Waals surface area contributed by atoms with Crippen molar-refractivity contribution in [3.63, 3.8) is 0 Å². The lowest BCUT2D eigenvalue weighted by atomic mass is 10.1. The zero-order valence-electron chi connectivity index (χ0n) is 15.1. The van der Waals surface area contributed by atoms with Crippen LogP contribution >= 0.6 is 11.3 Å². The van der Waals surface area contributed by atoms with Gasteiger partial charge in [0.1, 0.15) is 0 Å². The van der Waals surface area contributed by atoms with Gasteiger partial charge in [-0.3, -0.25) is 0 Å². The highest BCUT2D eigenvalue weighted by Crippen LogP contribution is 2.29. The van der Waals surface area contributed by atoms with Gasteiger partial charge in [0.25, 0.3) is 0 Å². The predicted octanol–water partition coefficient (Wildman–Crippen LogP) is 4.08. The minimum atomic E-state index is -4.31. The number of aryl methyl sites for hydroxylation is 2. The van der Waals surface area contributed by atoms with Gasteiger partial charge in [0.05, 0.1) is 22.8 Å². The van der Waals surface area contributed by atoms with E-state index in [4.69, 9.17) is 0 Å². The molecule has 0 atom stereocenters. The second kappa shape index (κ2) is 9.02. The lowest BCUT2D eigenvalue weighted by molar-refractivity contribution is -0.137. The quantitative estimate of drug-likeness (QED) is 0.583. The van der Waals surface area contributed by atoms with E-state index in [2.05, 4.69) is 20.6 Å². The van der Waals surface area contributed by atoms with E-state index < -0.39 is 11.7 Å². The molecule has 0 aliphatic rings. The van der Waals surface area contributed by atoms with Crippen LogP contribution in [0.25, 0.3) is 0 Å². The minimum Gasteiger partial charge on any atom is -0.357 e. The monoisotopic (exact) mass is 384 g/mol. The van der Waals surface area contributed by atoms with Crippen molar-refractivity contribution in [2.45, 2.75) is 39.9 Å². The van der Waals surface area contributed by atoms with Crippen molar-refractivity contribution in [3.8, 4) is 0 Å². The summed E-state index contributed by atoms with van der Waals surface area (Å²) in [5.41, 5.74) is 1.13. The van der Waals surface area contributed by atoms with Crippen LogP contribution in [0.5, 0.6) is 0 Å². The standard InChI is InChI=1S/C18H23F3N4S/c1-4-22-17(23-10-9-16-12(2)25-13(3)26-16)24-11-14-5-7-15(8-6-14)18(19,20)21/h5-8H,4,9-11H2,1-3H3,(H2,22,23,24). The van der Waals surface area contributed by atoms with E-state index in [0.29, 0.717) is 25.6 Å². The molecule has 142 valence electrons.